The topological polar surface area (TPSA) is 95.5 Å². The van der Waals surface area contributed by atoms with Crippen LogP contribution in [0.5, 0.6) is 0 Å². The molecule has 0 saturated carbocycles. The van der Waals surface area contributed by atoms with Crippen LogP contribution in [0.4, 0.5) is 11.4 Å². The standard InChI is InChI=1S/C20H21ClN2O4/c1-20(2,3)11-17(24)22-14-8-9-16(21)15(10-14)18(25)23-13-6-4-12(5-7-13)19(26)27/h4-10H,11H2,1-3H3,(H,22,24)(H,23,25)(H,26,27). The van der Waals surface area contributed by atoms with Gasteiger partial charge in [-0.25, -0.2) is 4.79 Å². The number of carbonyl (C=O) groups is 3. The van der Waals surface area contributed by atoms with Gasteiger partial charge in [0.1, 0.15) is 0 Å². The predicted octanol–water partition coefficient (Wildman–Crippen LogP) is 4.67. The third-order valence-electron chi connectivity index (χ3n) is 3.58. The quantitative estimate of drug-likeness (QED) is 0.693. The molecular formula is C20H21ClN2O4. The average molecular weight is 389 g/mol. The molecule has 0 heterocycles. The summed E-state index contributed by atoms with van der Waals surface area (Å²) in [5.74, 6) is -1.66. The van der Waals surface area contributed by atoms with Gasteiger partial charge in [-0.3, -0.25) is 9.59 Å². The highest BCUT2D eigenvalue weighted by molar-refractivity contribution is 6.34. The van der Waals surface area contributed by atoms with Gasteiger partial charge in [0.2, 0.25) is 5.91 Å². The summed E-state index contributed by atoms with van der Waals surface area (Å²) in [5.41, 5.74) is 1.07. The number of hydrogen-bond acceptors (Lipinski definition) is 3. The summed E-state index contributed by atoms with van der Waals surface area (Å²) in [5, 5.41) is 14.6. The summed E-state index contributed by atoms with van der Waals surface area (Å²) < 4.78 is 0. The lowest BCUT2D eigenvalue weighted by Gasteiger charge is -2.17. The second-order valence-corrected chi connectivity index (χ2v) is 7.72. The number of carbonyl (C=O) groups excluding carboxylic acids is 2. The lowest BCUT2D eigenvalue weighted by molar-refractivity contribution is -0.117. The Balaban J connectivity index is 2.13. The molecule has 0 aliphatic rings. The summed E-state index contributed by atoms with van der Waals surface area (Å²) in [6.45, 7) is 5.88. The molecule has 0 aromatic heterocycles. The van der Waals surface area contributed by atoms with E-state index < -0.39 is 11.9 Å². The molecule has 6 nitrogen and oxygen atoms in total. The molecule has 2 aromatic carbocycles. The van der Waals surface area contributed by atoms with Gasteiger partial charge in [-0.1, -0.05) is 32.4 Å². The Morgan fingerprint density at radius 1 is 0.963 bits per heavy atom. The van der Waals surface area contributed by atoms with Crippen molar-refractivity contribution < 1.29 is 19.5 Å². The number of carboxylic acid groups (broad SMARTS) is 1. The van der Waals surface area contributed by atoms with Crippen LogP contribution < -0.4 is 10.6 Å². The number of nitrogens with one attached hydrogen (secondary N) is 2. The van der Waals surface area contributed by atoms with Gasteiger partial charge >= 0.3 is 5.97 Å². The van der Waals surface area contributed by atoms with Crippen LogP contribution >= 0.6 is 11.6 Å². The van der Waals surface area contributed by atoms with Crippen LogP contribution in [0.15, 0.2) is 42.5 Å². The number of halogens is 1. The first-order valence-electron chi connectivity index (χ1n) is 8.29. The van der Waals surface area contributed by atoms with Gasteiger partial charge in [0.15, 0.2) is 0 Å². The van der Waals surface area contributed by atoms with E-state index in [0.29, 0.717) is 17.8 Å². The molecule has 0 aliphatic heterocycles. The van der Waals surface area contributed by atoms with E-state index in [1.807, 2.05) is 20.8 Å². The van der Waals surface area contributed by atoms with Crippen molar-refractivity contribution in [3.63, 3.8) is 0 Å². The van der Waals surface area contributed by atoms with E-state index in [-0.39, 0.29) is 27.5 Å². The lowest BCUT2D eigenvalue weighted by Crippen LogP contribution is -2.20. The molecule has 0 bridgehead atoms. The van der Waals surface area contributed by atoms with Gasteiger partial charge < -0.3 is 15.7 Å². The van der Waals surface area contributed by atoms with Crippen molar-refractivity contribution in [1.29, 1.82) is 0 Å². The highest BCUT2D eigenvalue weighted by atomic mass is 35.5. The van der Waals surface area contributed by atoms with Crippen molar-refractivity contribution >= 4 is 40.8 Å². The molecule has 27 heavy (non-hydrogen) atoms. The van der Waals surface area contributed by atoms with E-state index in [1.54, 1.807) is 6.07 Å². The van der Waals surface area contributed by atoms with E-state index in [1.165, 1.54) is 36.4 Å². The lowest BCUT2D eigenvalue weighted by atomic mass is 9.92. The fraction of sp³-hybridized carbons (Fsp3) is 0.250. The zero-order chi connectivity index (χ0) is 20.2. The summed E-state index contributed by atoms with van der Waals surface area (Å²) in [4.78, 5) is 35.4. The van der Waals surface area contributed by atoms with Crippen molar-refractivity contribution in [2.45, 2.75) is 27.2 Å². The van der Waals surface area contributed by atoms with Gasteiger partial charge in [0.05, 0.1) is 16.1 Å². The Labute approximate surface area is 162 Å². The Kier molecular flexibility index (Phi) is 6.23. The molecule has 7 heteroatoms. The Morgan fingerprint density at radius 3 is 2.11 bits per heavy atom. The van der Waals surface area contributed by atoms with Crippen molar-refractivity contribution in [1.82, 2.24) is 0 Å². The highest BCUT2D eigenvalue weighted by Crippen LogP contribution is 2.24. The third-order valence-corrected chi connectivity index (χ3v) is 3.90. The minimum Gasteiger partial charge on any atom is -0.478 e. The monoisotopic (exact) mass is 388 g/mol. The Hall–Kier alpha value is -2.86. The number of hydrogen-bond donors (Lipinski definition) is 3. The van der Waals surface area contributed by atoms with E-state index in [0.717, 1.165) is 0 Å². The molecule has 0 aliphatic carbocycles. The Bertz CT molecular complexity index is 871. The van der Waals surface area contributed by atoms with E-state index in [9.17, 15) is 14.4 Å². The van der Waals surface area contributed by atoms with Crippen LogP contribution in [0.1, 0.15) is 47.9 Å². The van der Waals surface area contributed by atoms with E-state index in [2.05, 4.69) is 10.6 Å². The SMILES string of the molecule is CC(C)(C)CC(=O)Nc1ccc(Cl)c(C(=O)Nc2ccc(C(=O)O)cc2)c1. The van der Waals surface area contributed by atoms with E-state index in [4.69, 9.17) is 16.7 Å². The second-order valence-electron chi connectivity index (χ2n) is 7.32. The smallest absolute Gasteiger partial charge is 0.335 e. The first-order chi connectivity index (χ1) is 12.5. The summed E-state index contributed by atoms with van der Waals surface area (Å²) >= 11 is 6.12. The van der Waals surface area contributed by atoms with Crippen LogP contribution in [0.3, 0.4) is 0 Å². The van der Waals surface area contributed by atoms with Crippen LogP contribution in [0.25, 0.3) is 0 Å². The molecule has 2 amide bonds. The minimum atomic E-state index is -1.05. The molecule has 0 spiro atoms. The van der Waals surface area contributed by atoms with Crippen molar-refractivity contribution in [2.75, 3.05) is 10.6 Å². The van der Waals surface area contributed by atoms with Crippen LogP contribution in [0.2, 0.25) is 5.02 Å². The van der Waals surface area contributed by atoms with Gasteiger partial charge in [0, 0.05) is 17.8 Å². The molecule has 0 fully saturated rings. The molecule has 0 saturated heterocycles. The van der Waals surface area contributed by atoms with Gasteiger partial charge in [0.25, 0.3) is 5.91 Å². The van der Waals surface area contributed by atoms with Crippen LogP contribution in [0, 0.1) is 5.41 Å². The zero-order valence-electron chi connectivity index (χ0n) is 15.3. The number of benzene rings is 2. The molecule has 0 atom stereocenters. The molecular weight excluding hydrogens is 368 g/mol. The molecule has 0 radical (unpaired) electrons. The first-order valence-corrected chi connectivity index (χ1v) is 8.67. The second kappa shape index (κ2) is 8.22. The number of carboxylic acids is 1. The third kappa shape index (κ3) is 6.11. The summed E-state index contributed by atoms with van der Waals surface area (Å²) in [6.07, 6.45) is 0.340. The van der Waals surface area contributed by atoms with Crippen molar-refractivity contribution in [3.8, 4) is 0 Å². The number of anilines is 2. The fourth-order valence-corrected chi connectivity index (χ4v) is 2.56. The largest absolute Gasteiger partial charge is 0.478 e. The minimum absolute atomic E-state index is 0.120. The fourth-order valence-electron chi connectivity index (χ4n) is 2.36. The maximum atomic E-state index is 12.5. The molecule has 142 valence electrons. The number of amides is 2. The first kappa shape index (κ1) is 20.5. The average Bonchev–Trinajstić information content (AvgIpc) is 2.55. The molecule has 2 aromatic rings. The molecule has 3 N–H and O–H groups in total. The van der Waals surface area contributed by atoms with Crippen LogP contribution in [-0.4, -0.2) is 22.9 Å². The Morgan fingerprint density at radius 2 is 1.56 bits per heavy atom. The highest BCUT2D eigenvalue weighted by Gasteiger charge is 2.17. The van der Waals surface area contributed by atoms with Crippen molar-refractivity contribution in [2.24, 2.45) is 5.41 Å². The maximum Gasteiger partial charge on any atom is 0.335 e. The summed E-state index contributed by atoms with van der Waals surface area (Å²) in [6, 6.07) is 10.4. The number of rotatable bonds is 5. The molecule has 2 rings (SSSR count). The van der Waals surface area contributed by atoms with Gasteiger partial charge in [-0.05, 0) is 47.9 Å². The number of aromatic carboxylic acids is 1. The van der Waals surface area contributed by atoms with Crippen molar-refractivity contribution in [3.05, 3.63) is 58.6 Å². The predicted molar refractivity (Wildman–Crippen MR) is 106 cm³/mol. The van der Waals surface area contributed by atoms with E-state index >= 15 is 0 Å². The zero-order valence-corrected chi connectivity index (χ0v) is 16.1. The molecule has 0 unspecified atom stereocenters. The maximum absolute atomic E-state index is 12.5. The normalized spacial score (nSPS) is 11.0. The summed E-state index contributed by atoms with van der Waals surface area (Å²) in [7, 11) is 0. The van der Waals surface area contributed by atoms with Crippen LogP contribution in [-0.2, 0) is 4.79 Å². The van der Waals surface area contributed by atoms with Gasteiger partial charge in [-0.15, -0.1) is 0 Å². The van der Waals surface area contributed by atoms with Gasteiger partial charge in [-0.2, -0.15) is 0 Å².